The van der Waals surface area contributed by atoms with Crippen LogP contribution in [-0.2, 0) is 0 Å². The summed E-state index contributed by atoms with van der Waals surface area (Å²) in [6.45, 7) is 2.77. The van der Waals surface area contributed by atoms with Crippen LogP contribution in [0.15, 0.2) is 12.5 Å². The first kappa shape index (κ1) is 8.93. The third-order valence-electron chi connectivity index (χ3n) is 1.88. The lowest BCUT2D eigenvalue weighted by molar-refractivity contribution is 0.286. The Morgan fingerprint density at radius 1 is 1.43 bits per heavy atom. The third-order valence-corrected chi connectivity index (χ3v) is 1.88. The molecular formula is C9H12N4O. The van der Waals surface area contributed by atoms with Crippen molar-refractivity contribution in [2.45, 2.75) is 19.8 Å². The molecule has 0 spiro atoms. The van der Waals surface area contributed by atoms with Gasteiger partial charge in [0.15, 0.2) is 5.65 Å². The second kappa shape index (κ2) is 4.04. The molecule has 0 aliphatic heterocycles. The van der Waals surface area contributed by atoms with Gasteiger partial charge in [-0.2, -0.15) is 4.98 Å². The fourth-order valence-electron chi connectivity index (χ4n) is 1.10. The Bertz CT molecular complexity index is 412. The molecule has 74 valence electrons. The van der Waals surface area contributed by atoms with E-state index in [1.165, 1.54) is 0 Å². The van der Waals surface area contributed by atoms with Gasteiger partial charge >= 0.3 is 6.01 Å². The maximum atomic E-state index is 5.35. The van der Waals surface area contributed by atoms with E-state index in [1.54, 1.807) is 12.5 Å². The van der Waals surface area contributed by atoms with Gasteiger partial charge in [-0.15, -0.1) is 0 Å². The van der Waals surface area contributed by atoms with Crippen LogP contribution in [0.1, 0.15) is 19.8 Å². The monoisotopic (exact) mass is 192 g/mol. The predicted molar refractivity (Wildman–Crippen MR) is 52.1 cm³/mol. The minimum Gasteiger partial charge on any atom is -0.463 e. The number of imidazole rings is 1. The molecule has 0 saturated heterocycles. The lowest BCUT2D eigenvalue weighted by Crippen LogP contribution is -2.00. The molecule has 0 amide bonds. The molecule has 0 aromatic carbocycles. The Morgan fingerprint density at radius 3 is 3.21 bits per heavy atom. The summed E-state index contributed by atoms with van der Waals surface area (Å²) in [6.07, 6.45) is 5.39. The van der Waals surface area contributed by atoms with Crippen molar-refractivity contribution < 1.29 is 4.74 Å². The van der Waals surface area contributed by atoms with Crippen LogP contribution in [0, 0.1) is 0 Å². The van der Waals surface area contributed by atoms with Gasteiger partial charge in [0, 0.05) is 0 Å². The van der Waals surface area contributed by atoms with Crippen molar-refractivity contribution in [2.75, 3.05) is 6.61 Å². The van der Waals surface area contributed by atoms with Crippen molar-refractivity contribution in [1.29, 1.82) is 0 Å². The molecule has 0 bridgehead atoms. The van der Waals surface area contributed by atoms with E-state index in [0.29, 0.717) is 18.3 Å². The average Bonchev–Trinajstić information content (AvgIpc) is 2.65. The van der Waals surface area contributed by atoms with E-state index in [2.05, 4.69) is 26.9 Å². The average molecular weight is 192 g/mol. The van der Waals surface area contributed by atoms with Crippen LogP contribution in [0.3, 0.4) is 0 Å². The summed E-state index contributed by atoms with van der Waals surface area (Å²) < 4.78 is 5.35. The van der Waals surface area contributed by atoms with Crippen LogP contribution in [0.5, 0.6) is 6.01 Å². The number of aromatic nitrogens is 4. The highest BCUT2D eigenvalue weighted by atomic mass is 16.5. The van der Waals surface area contributed by atoms with Gasteiger partial charge in [0.05, 0.1) is 19.1 Å². The molecule has 5 heteroatoms. The highest BCUT2D eigenvalue weighted by molar-refractivity contribution is 5.68. The number of ether oxygens (including phenoxy) is 1. The molecule has 2 rings (SSSR count). The Kier molecular flexibility index (Phi) is 2.58. The van der Waals surface area contributed by atoms with Crippen LogP contribution in [0.2, 0.25) is 0 Å². The molecule has 0 unspecified atom stereocenters. The summed E-state index contributed by atoms with van der Waals surface area (Å²) in [5.74, 6) is 0. The van der Waals surface area contributed by atoms with Crippen LogP contribution < -0.4 is 4.74 Å². The van der Waals surface area contributed by atoms with Crippen LogP contribution in [0.25, 0.3) is 11.2 Å². The zero-order valence-corrected chi connectivity index (χ0v) is 8.03. The summed E-state index contributed by atoms with van der Waals surface area (Å²) in [6, 6.07) is 0.401. The number of H-pyrrole nitrogens is 1. The molecular weight excluding hydrogens is 180 g/mol. The zero-order valence-electron chi connectivity index (χ0n) is 8.03. The van der Waals surface area contributed by atoms with Gasteiger partial charge in [0.1, 0.15) is 5.52 Å². The molecule has 0 atom stereocenters. The summed E-state index contributed by atoms with van der Waals surface area (Å²) in [5.41, 5.74) is 1.47. The lowest BCUT2D eigenvalue weighted by atomic mass is 10.4. The number of rotatable bonds is 4. The van der Waals surface area contributed by atoms with Crippen LogP contribution in [0.4, 0.5) is 0 Å². The number of fused-ring (bicyclic) bond motifs is 1. The molecule has 0 saturated carbocycles. The molecule has 5 nitrogen and oxygen atoms in total. The maximum Gasteiger partial charge on any atom is 0.318 e. The summed E-state index contributed by atoms with van der Waals surface area (Å²) in [4.78, 5) is 15.1. The smallest absolute Gasteiger partial charge is 0.318 e. The first-order valence-electron chi connectivity index (χ1n) is 4.69. The summed E-state index contributed by atoms with van der Waals surface area (Å²) in [5, 5.41) is 0. The maximum absolute atomic E-state index is 5.35. The molecule has 0 aliphatic rings. The Morgan fingerprint density at radius 2 is 2.36 bits per heavy atom. The first-order chi connectivity index (χ1) is 6.90. The standard InChI is InChI=1S/C9H12N4O/c1-2-3-4-14-9-10-5-7-8(13-9)12-6-11-7/h5-6H,2-4H2,1H3,(H,10,11,12,13). The predicted octanol–water partition coefficient (Wildman–Crippen LogP) is 1.53. The van der Waals surface area contributed by atoms with E-state index < -0.39 is 0 Å². The zero-order chi connectivity index (χ0) is 9.80. The number of nitrogens with one attached hydrogen (secondary N) is 1. The second-order valence-electron chi connectivity index (χ2n) is 2.99. The summed E-state index contributed by atoms with van der Waals surface area (Å²) in [7, 11) is 0. The molecule has 0 radical (unpaired) electrons. The Hall–Kier alpha value is -1.65. The Balaban J connectivity index is 2.10. The molecule has 0 aliphatic carbocycles. The van der Waals surface area contributed by atoms with E-state index in [0.717, 1.165) is 18.4 Å². The van der Waals surface area contributed by atoms with E-state index in [-0.39, 0.29) is 0 Å². The van der Waals surface area contributed by atoms with Gasteiger partial charge in [-0.3, -0.25) is 0 Å². The quantitative estimate of drug-likeness (QED) is 0.746. The molecule has 1 N–H and O–H groups in total. The van der Waals surface area contributed by atoms with Crippen molar-refractivity contribution >= 4 is 11.2 Å². The Labute approximate surface area is 81.6 Å². The number of unbranched alkanes of at least 4 members (excludes halogenated alkanes) is 1. The number of hydrogen-bond donors (Lipinski definition) is 1. The fourth-order valence-corrected chi connectivity index (χ4v) is 1.10. The van der Waals surface area contributed by atoms with E-state index in [9.17, 15) is 0 Å². The highest BCUT2D eigenvalue weighted by Crippen LogP contribution is 2.08. The number of hydrogen-bond acceptors (Lipinski definition) is 4. The molecule has 2 aromatic heterocycles. The number of aromatic amines is 1. The minimum atomic E-state index is 0.401. The van der Waals surface area contributed by atoms with Gasteiger partial charge in [-0.25, -0.2) is 9.97 Å². The van der Waals surface area contributed by atoms with Crippen molar-refractivity contribution in [3.63, 3.8) is 0 Å². The SMILES string of the molecule is CCCCOc1ncc2[nH]cnc2n1. The van der Waals surface area contributed by atoms with Gasteiger partial charge in [-0.05, 0) is 6.42 Å². The molecule has 0 fully saturated rings. The van der Waals surface area contributed by atoms with Crippen LogP contribution >= 0.6 is 0 Å². The highest BCUT2D eigenvalue weighted by Gasteiger charge is 2.01. The van der Waals surface area contributed by atoms with E-state index in [4.69, 9.17) is 4.74 Å². The largest absolute Gasteiger partial charge is 0.463 e. The van der Waals surface area contributed by atoms with Crippen molar-refractivity contribution in [1.82, 2.24) is 19.9 Å². The van der Waals surface area contributed by atoms with Crippen molar-refractivity contribution in [3.05, 3.63) is 12.5 Å². The molecule has 2 aromatic rings. The second-order valence-corrected chi connectivity index (χ2v) is 2.99. The summed E-state index contributed by atoms with van der Waals surface area (Å²) >= 11 is 0. The van der Waals surface area contributed by atoms with E-state index >= 15 is 0 Å². The van der Waals surface area contributed by atoms with E-state index in [1.807, 2.05) is 0 Å². The first-order valence-corrected chi connectivity index (χ1v) is 4.69. The minimum absolute atomic E-state index is 0.401. The molecule has 14 heavy (non-hydrogen) atoms. The number of nitrogens with zero attached hydrogens (tertiary/aromatic N) is 3. The van der Waals surface area contributed by atoms with Gasteiger partial charge in [-0.1, -0.05) is 13.3 Å². The van der Waals surface area contributed by atoms with Crippen molar-refractivity contribution in [3.8, 4) is 6.01 Å². The molecule has 2 heterocycles. The lowest BCUT2D eigenvalue weighted by Gasteiger charge is -2.01. The van der Waals surface area contributed by atoms with Gasteiger partial charge in [0.25, 0.3) is 0 Å². The van der Waals surface area contributed by atoms with Gasteiger partial charge in [0.2, 0.25) is 0 Å². The van der Waals surface area contributed by atoms with Crippen molar-refractivity contribution in [2.24, 2.45) is 0 Å². The fraction of sp³-hybridized carbons (Fsp3) is 0.444. The normalized spacial score (nSPS) is 10.6. The topological polar surface area (TPSA) is 63.7 Å². The third kappa shape index (κ3) is 1.81. The van der Waals surface area contributed by atoms with Gasteiger partial charge < -0.3 is 9.72 Å². The van der Waals surface area contributed by atoms with Crippen LogP contribution in [-0.4, -0.2) is 26.5 Å².